The molecule has 0 saturated carbocycles. The Morgan fingerprint density at radius 1 is 0.689 bits per heavy atom. The van der Waals surface area contributed by atoms with E-state index in [4.69, 9.17) is 53.2 Å². The van der Waals surface area contributed by atoms with E-state index in [0.717, 1.165) is 5.56 Å². The molecule has 10 nitrogen and oxygen atoms in total. The van der Waals surface area contributed by atoms with Gasteiger partial charge in [-0.05, 0) is 84.1 Å². The zero-order chi connectivity index (χ0) is 57.3. The van der Waals surface area contributed by atoms with Gasteiger partial charge < -0.3 is 19.9 Å². The minimum atomic E-state index is -2.39. The van der Waals surface area contributed by atoms with Crippen LogP contribution in [0.25, 0.3) is 0 Å². The Labute approximate surface area is 489 Å². The molecule has 4 aromatic rings. The zero-order valence-corrected chi connectivity index (χ0v) is 58.6. The summed E-state index contributed by atoms with van der Waals surface area (Å²) < 4.78 is 33.9. The molecule has 0 bridgehead atoms. The van der Waals surface area contributed by atoms with Gasteiger partial charge in [-0.1, -0.05) is 137 Å². The van der Waals surface area contributed by atoms with Crippen LogP contribution in [-0.4, -0.2) is 143 Å². The maximum atomic E-state index is 10.5. The van der Waals surface area contributed by atoms with Gasteiger partial charge in [0, 0.05) is 20.1 Å². The molecule has 3 N–H and O–H groups in total. The van der Waals surface area contributed by atoms with Gasteiger partial charge in [0.25, 0.3) is 13.7 Å². The number of nitrogens with zero attached hydrogens (tertiary/aromatic N) is 3. The van der Waals surface area contributed by atoms with Crippen LogP contribution in [0, 0.1) is 0 Å². The number of benzene rings is 4. The number of halogens is 2. The van der Waals surface area contributed by atoms with E-state index in [-0.39, 0.29) is 24.4 Å². The minimum Gasteiger partial charge on any atom is -0.198 e. The fourth-order valence-electron chi connectivity index (χ4n) is 7.07. The third kappa shape index (κ3) is 27.4. The maximum Gasteiger partial charge on any atom is 0.270 e. The quantitative estimate of drug-likeness (QED) is 0.0782. The first-order chi connectivity index (χ1) is 33.7. The van der Waals surface area contributed by atoms with Crippen molar-refractivity contribution in [3.8, 4) is 0 Å². The summed E-state index contributed by atoms with van der Waals surface area (Å²) in [5, 5.41) is 12.7. The summed E-state index contributed by atoms with van der Waals surface area (Å²) in [4.78, 5) is 8.45. The second kappa shape index (κ2) is 32.2. The molecular weight excluding hydrogens is 1200 g/mol. The molecule has 3 aliphatic rings. The Balaban J connectivity index is 0.000000451. The Morgan fingerprint density at radius 2 is 0.959 bits per heavy atom. The van der Waals surface area contributed by atoms with E-state index in [1.54, 1.807) is 33.3 Å². The van der Waals surface area contributed by atoms with Crippen molar-refractivity contribution in [2.75, 3.05) is 94.4 Å². The van der Waals surface area contributed by atoms with Gasteiger partial charge in [0.15, 0.2) is 0 Å². The van der Waals surface area contributed by atoms with Gasteiger partial charge in [-0.3, -0.25) is 0 Å². The molecule has 422 valence electrons. The van der Waals surface area contributed by atoms with E-state index in [9.17, 15) is 9.67 Å². The third-order valence-electron chi connectivity index (χ3n) is 12.1. The van der Waals surface area contributed by atoms with Crippen molar-refractivity contribution in [1.29, 1.82) is 0 Å². The van der Waals surface area contributed by atoms with E-state index in [1.807, 2.05) is 68.8 Å². The van der Waals surface area contributed by atoms with Crippen LogP contribution in [0.5, 0.6) is 0 Å². The first-order valence-corrected chi connectivity index (χ1v) is 47.6. The smallest absolute Gasteiger partial charge is 0.198 e. The normalized spacial score (nSPS) is 27.8. The largest absolute Gasteiger partial charge is 0.270 e. The molecule has 0 amide bonds. The topological polar surface area (TPSA) is 107 Å². The number of hydrogen-bond donors (Lipinski definition) is 6. The van der Waals surface area contributed by atoms with Gasteiger partial charge in [-0.15, -0.1) is 20.7 Å². The molecule has 3 aliphatic heterocycles. The first-order valence-electron chi connectivity index (χ1n) is 23.8. The molecule has 3 heterocycles. The van der Waals surface area contributed by atoms with E-state index in [2.05, 4.69) is 209 Å². The average Bonchev–Trinajstić information content (AvgIpc) is 3.75. The van der Waals surface area contributed by atoms with Gasteiger partial charge in [0.05, 0.1) is 48.9 Å². The number of thiol groups is 3. The Kier molecular flexibility index (Phi) is 32.0. The number of aliphatic hydroxyl groups excluding tert-OH is 1. The number of likely N-dealkylation sites (N-methyl/N-ethyl adjacent to an activating group) is 4. The van der Waals surface area contributed by atoms with Crippen molar-refractivity contribution >= 4 is 131 Å². The van der Waals surface area contributed by atoms with E-state index in [1.165, 1.54) is 28.1 Å². The number of aliphatic hydroxyl groups is 1. The summed E-state index contributed by atoms with van der Waals surface area (Å²) in [7, 11) is 8.14. The Bertz CT molecular complexity index is 2270. The molecule has 3 fully saturated rings. The standard InChI is InChI=1S/C12H20NOPS.2C11H17NOPS.C10H15NO.C3H9OPS.C2H7OPS.CH3Cl2PS/c1-10-12(11-8-6-5-7-9-11)14-15(3,4,16)13(10)2;2*1-9-11(10-7-5-4-6-8-10)13-14(3,15)12(9)2;1-8(11-2)10(12)9-6-4-3-5-7-9;1-5(2,4)6-3;2*1-4(2,3)5/h5-10,12,16H,1-4H3;2*4-9,11,15H,1-3H3;3-8,10-12H,1-2H3;1-3H3;1-2H3,(H,3,5);1H3/q;2*+1;;;;/t10-,12-;2*9-,11-,14?;8-,10-;;;/m0000.../s1. The molecule has 10 atom stereocenters. The Morgan fingerprint density at radius 3 is 1.18 bits per heavy atom. The predicted octanol–water partition coefficient (Wildman–Crippen LogP) is 16.6. The summed E-state index contributed by atoms with van der Waals surface area (Å²) in [6, 6.07) is 42.1. The number of hydrogen-bond acceptors (Lipinski definition) is 15. The van der Waals surface area contributed by atoms with E-state index >= 15 is 0 Å². The Hall–Kier alpha value is 1.32. The molecule has 2 unspecified atom stereocenters. The van der Waals surface area contributed by atoms with Crippen LogP contribution in [0.2, 0.25) is 0 Å². The maximum absolute atomic E-state index is 10.5. The van der Waals surface area contributed by atoms with Gasteiger partial charge in [-0.2, -0.15) is 9.05 Å². The van der Waals surface area contributed by atoms with Crippen molar-refractivity contribution in [1.82, 2.24) is 19.3 Å². The van der Waals surface area contributed by atoms with Gasteiger partial charge in [0.1, 0.15) is 36.6 Å². The fourth-order valence-corrected chi connectivity index (χ4v) is 15.1. The molecule has 24 heteroatoms. The zero-order valence-electron chi connectivity index (χ0n) is 46.5. The van der Waals surface area contributed by atoms with Gasteiger partial charge in [0.2, 0.25) is 0 Å². The van der Waals surface area contributed by atoms with Crippen LogP contribution in [0.3, 0.4) is 0 Å². The minimum absolute atomic E-state index is 0.0902. The van der Waals surface area contributed by atoms with Crippen molar-refractivity contribution in [3.05, 3.63) is 144 Å². The second-order valence-corrected chi connectivity index (χ2v) is 58.4. The monoisotopic (exact) mass is 1290 g/mol. The molecule has 74 heavy (non-hydrogen) atoms. The van der Waals surface area contributed by atoms with Crippen LogP contribution >= 0.6 is 108 Å². The fraction of sp³-hybridized carbons (Fsp3) is 0.520. The van der Waals surface area contributed by atoms with Crippen LogP contribution in [-0.2, 0) is 41.8 Å². The molecule has 0 spiro atoms. The SMILES string of the molecule is CN[C@@H](C)[C@H](O)c1ccccc1.CP(=S)(Cl)Cl.CP(C)(O)=S.CSP(C)(C)=O.C[C@H]1[C@@H](c2ccccc2)OP(C)(C)(S)N1C.C[C@H]1[C@@H](c2ccccc2)O[P+](C)(S)N1C.C[C@H]1[C@@H](c2ccccc2)O[P+](C)(S)N1C. The molecule has 4 aromatic carbocycles. The summed E-state index contributed by atoms with van der Waals surface area (Å²) in [5.41, 5.74) is 4.69. The van der Waals surface area contributed by atoms with Crippen molar-refractivity contribution < 1.29 is 28.1 Å². The molecular formula is C50H88Cl2N4O6P6S6+2. The van der Waals surface area contributed by atoms with Gasteiger partial charge in [-0.25, -0.2) is 0 Å². The summed E-state index contributed by atoms with van der Waals surface area (Å²) in [6.45, 7) is 22.2. The molecule has 0 radical (unpaired) electrons. The summed E-state index contributed by atoms with van der Waals surface area (Å²) in [6.07, 6.45) is -4.03. The van der Waals surface area contributed by atoms with Crippen LogP contribution in [0.4, 0.5) is 0 Å². The number of rotatable bonds is 7. The van der Waals surface area contributed by atoms with Crippen molar-refractivity contribution in [3.63, 3.8) is 0 Å². The van der Waals surface area contributed by atoms with Crippen LogP contribution < -0.4 is 5.32 Å². The molecule has 3 saturated heterocycles. The molecule has 0 aromatic heterocycles. The van der Waals surface area contributed by atoms with Crippen molar-refractivity contribution in [2.24, 2.45) is 0 Å². The van der Waals surface area contributed by atoms with Gasteiger partial charge >= 0.3 is 103 Å². The summed E-state index contributed by atoms with van der Waals surface area (Å²) >= 11 is 34.9. The van der Waals surface area contributed by atoms with Crippen molar-refractivity contribution in [2.45, 2.75) is 76.3 Å². The molecule has 0 aliphatic carbocycles. The second-order valence-electron chi connectivity index (χ2n) is 19.7. The summed E-state index contributed by atoms with van der Waals surface area (Å²) in [5.74, 6) is 0. The first kappa shape index (κ1) is 73.3. The predicted molar refractivity (Wildman–Crippen MR) is 357 cm³/mol. The number of nitrogens with one attached hydrogen (secondary N) is 1. The van der Waals surface area contributed by atoms with E-state index < -0.39 is 43.3 Å². The van der Waals surface area contributed by atoms with Crippen LogP contribution in [0.1, 0.15) is 74.4 Å². The average molecular weight is 1290 g/mol. The van der Waals surface area contributed by atoms with E-state index in [0.29, 0.717) is 18.1 Å². The molecule has 7 rings (SSSR count). The van der Waals surface area contributed by atoms with Crippen LogP contribution in [0.15, 0.2) is 121 Å². The third-order valence-corrected chi connectivity index (χ3v) is 26.3.